The van der Waals surface area contributed by atoms with Crippen LogP contribution in [-0.2, 0) is 0 Å². The molecule has 2 saturated heterocycles. The Labute approximate surface area is 199 Å². The van der Waals surface area contributed by atoms with Crippen LogP contribution in [0.25, 0.3) is 0 Å². The van der Waals surface area contributed by atoms with Crippen LogP contribution in [0.4, 0.5) is 0 Å². The molecule has 6 atom stereocenters. The maximum Gasteiger partial charge on any atom is 0.00127 e. The molecule has 2 heteroatoms. The summed E-state index contributed by atoms with van der Waals surface area (Å²) in [5.74, 6) is 3.89. The number of piperidine rings is 2. The first-order valence-electron chi connectivity index (χ1n) is 14.6. The molecule has 0 aromatic heterocycles. The summed E-state index contributed by atoms with van der Waals surface area (Å²) in [6.07, 6.45) is 32.4. The number of nitrogens with zero attached hydrogens (tertiary/aromatic N) is 2. The smallest absolute Gasteiger partial charge is 0.00127 e. The highest BCUT2D eigenvalue weighted by Crippen LogP contribution is 2.40. The van der Waals surface area contributed by atoms with Crippen molar-refractivity contribution in [2.75, 3.05) is 39.3 Å². The molecule has 0 radical (unpaired) electrons. The molecule has 5 rings (SSSR count). The second-order valence-corrected chi connectivity index (χ2v) is 11.6. The Hall–Kier alpha value is -0.600. The lowest BCUT2D eigenvalue weighted by atomic mass is 9.69. The van der Waals surface area contributed by atoms with E-state index in [0.29, 0.717) is 0 Å². The van der Waals surface area contributed by atoms with E-state index in [1.165, 1.54) is 142 Å². The van der Waals surface area contributed by atoms with Crippen LogP contribution in [-0.4, -0.2) is 49.1 Å². The van der Waals surface area contributed by atoms with Crippen LogP contribution >= 0.6 is 0 Å². The molecular weight excluding hydrogens is 388 g/mol. The monoisotopic (exact) mass is 440 g/mol. The third kappa shape index (κ3) is 8.01. The number of fused-ring (bicyclic) bond motifs is 11. The van der Waals surface area contributed by atoms with Crippen molar-refractivity contribution in [3.63, 3.8) is 0 Å². The fourth-order valence-corrected chi connectivity index (χ4v) is 7.35. The van der Waals surface area contributed by atoms with Crippen LogP contribution in [0.1, 0.15) is 103 Å². The second-order valence-electron chi connectivity index (χ2n) is 11.6. The average molecular weight is 441 g/mol. The second kappa shape index (κ2) is 14.0. The normalized spacial score (nSPS) is 40.8. The van der Waals surface area contributed by atoms with Gasteiger partial charge in [0.15, 0.2) is 0 Å². The van der Waals surface area contributed by atoms with E-state index in [-0.39, 0.29) is 0 Å². The molecule has 2 nitrogen and oxygen atoms in total. The summed E-state index contributed by atoms with van der Waals surface area (Å²) in [7, 11) is 0. The van der Waals surface area contributed by atoms with Gasteiger partial charge in [-0.1, -0.05) is 43.6 Å². The highest BCUT2D eigenvalue weighted by Gasteiger charge is 2.38. The van der Waals surface area contributed by atoms with Crippen LogP contribution in [0.3, 0.4) is 0 Å². The van der Waals surface area contributed by atoms with Crippen molar-refractivity contribution in [3.05, 3.63) is 24.3 Å². The molecule has 182 valence electrons. The number of allylic oxidation sites excluding steroid dienone is 4. The Morgan fingerprint density at radius 2 is 1.12 bits per heavy atom. The van der Waals surface area contributed by atoms with Crippen molar-refractivity contribution >= 4 is 0 Å². The largest absolute Gasteiger partial charge is 0.303 e. The van der Waals surface area contributed by atoms with Crippen molar-refractivity contribution in [3.8, 4) is 0 Å². The van der Waals surface area contributed by atoms with Crippen LogP contribution in [0.15, 0.2) is 24.3 Å². The minimum absolute atomic E-state index is 0.958. The topological polar surface area (TPSA) is 6.48 Å². The molecule has 0 aromatic carbocycles. The summed E-state index contributed by atoms with van der Waals surface area (Å²) in [5.41, 5.74) is 0. The Bertz CT molecular complexity index is 567. The Morgan fingerprint density at radius 1 is 0.469 bits per heavy atom. The van der Waals surface area contributed by atoms with E-state index in [1.54, 1.807) is 0 Å². The van der Waals surface area contributed by atoms with Crippen molar-refractivity contribution in [2.45, 2.75) is 103 Å². The van der Waals surface area contributed by atoms with E-state index in [2.05, 4.69) is 34.1 Å². The van der Waals surface area contributed by atoms with Crippen molar-refractivity contribution in [2.24, 2.45) is 23.7 Å². The number of rotatable bonds is 0. The summed E-state index contributed by atoms with van der Waals surface area (Å²) in [5, 5.41) is 0. The SMILES string of the molecule is C1=C\CCCCN2CC[C@H]3[C@H](CCCC/C=C\CCCN4C[C@@H](CCCCC/1)C[C@@H]3C4)C2. The molecular formula is C30H52N2. The van der Waals surface area contributed by atoms with Gasteiger partial charge in [-0.25, -0.2) is 0 Å². The molecule has 2 unspecified atom stereocenters. The van der Waals surface area contributed by atoms with Gasteiger partial charge in [0.05, 0.1) is 0 Å². The van der Waals surface area contributed by atoms with E-state index in [1.807, 2.05) is 0 Å². The van der Waals surface area contributed by atoms with Crippen LogP contribution in [0.2, 0.25) is 0 Å². The first-order chi connectivity index (χ1) is 15.9. The highest BCUT2D eigenvalue weighted by atomic mass is 15.1. The highest BCUT2D eigenvalue weighted by molar-refractivity contribution is 4.91. The molecule has 0 amide bonds. The molecule has 5 aliphatic rings. The van der Waals surface area contributed by atoms with Gasteiger partial charge in [0.2, 0.25) is 0 Å². The number of hydrogen-bond donors (Lipinski definition) is 0. The predicted molar refractivity (Wildman–Crippen MR) is 139 cm³/mol. The van der Waals surface area contributed by atoms with E-state index in [0.717, 1.165) is 23.7 Å². The summed E-state index contributed by atoms with van der Waals surface area (Å²) in [6, 6.07) is 0. The Balaban J connectivity index is 1.48. The first-order valence-corrected chi connectivity index (χ1v) is 14.6. The molecule has 5 heterocycles. The molecule has 2 fully saturated rings. The fraction of sp³-hybridized carbons (Fsp3) is 0.867. The van der Waals surface area contributed by atoms with Gasteiger partial charge in [-0.2, -0.15) is 0 Å². The quantitative estimate of drug-likeness (QED) is 0.361. The van der Waals surface area contributed by atoms with Crippen LogP contribution in [0.5, 0.6) is 0 Å². The number of hydrogen-bond acceptors (Lipinski definition) is 2. The minimum Gasteiger partial charge on any atom is -0.303 e. The maximum atomic E-state index is 2.91. The summed E-state index contributed by atoms with van der Waals surface area (Å²) >= 11 is 0. The molecule has 0 aliphatic carbocycles. The summed E-state index contributed by atoms with van der Waals surface area (Å²) < 4.78 is 0. The van der Waals surface area contributed by atoms with E-state index in [9.17, 15) is 0 Å². The van der Waals surface area contributed by atoms with E-state index >= 15 is 0 Å². The molecule has 32 heavy (non-hydrogen) atoms. The molecule has 6 bridgehead atoms. The van der Waals surface area contributed by atoms with Crippen molar-refractivity contribution < 1.29 is 0 Å². The van der Waals surface area contributed by atoms with E-state index in [4.69, 9.17) is 0 Å². The molecule has 5 aliphatic heterocycles. The van der Waals surface area contributed by atoms with E-state index < -0.39 is 0 Å². The van der Waals surface area contributed by atoms with Crippen molar-refractivity contribution in [1.82, 2.24) is 9.80 Å². The lowest BCUT2D eigenvalue weighted by molar-refractivity contribution is 0.0187. The molecule has 0 N–H and O–H groups in total. The Morgan fingerprint density at radius 3 is 1.97 bits per heavy atom. The van der Waals surface area contributed by atoms with Crippen LogP contribution < -0.4 is 0 Å². The summed E-state index contributed by atoms with van der Waals surface area (Å²) in [4.78, 5) is 5.76. The Kier molecular flexibility index (Phi) is 10.7. The zero-order valence-corrected chi connectivity index (χ0v) is 21.1. The predicted octanol–water partition coefficient (Wildman–Crippen LogP) is 7.46. The van der Waals surface area contributed by atoms with Gasteiger partial charge in [0, 0.05) is 19.6 Å². The van der Waals surface area contributed by atoms with Gasteiger partial charge < -0.3 is 9.80 Å². The molecule has 0 aromatic rings. The third-order valence-corrected chi connectivity index (χ3v) is 9.08. The lowest BCUT2D eigenvalue weighted by Gasteiger charge is -2.47. The van der Waals surface area contributed by atoms with Gasteiger partial charge in [-0.15, -0.1) is 0 Å². The van der Waals surface area contributed by atoms with Crippen molar-refractivity contribution in [1.29, 1.82) is 0 Å². The molecule has 0 spiro atoms. The standard InChI is InChI=1S/C30H52N2/c1-2-5-9-13-17-27-23-29-26-32(24-27)21-16-12-8-4-6-10-14-18-28-25-31(22-19-30(28)29)20-15-11-7-3-1/h1,3-4,8,27-30H,2,5-7,9-26H2/b3-1-,8-4-/t27-,28+,29+,30-/m0/s1. The fourth-order valence-electron chi connectivity index (χ4n) is 7.35. The zero-order chi connectivity index (χ0) is 21.8. The maximum absolute atomic E-state index is 2.91. The zero-order valence-electron chi connectivity index (χ0n) is 21.1. The first kappa shape index (κ1) is 24.5. The van der Waals surface area contributed by atoms with Gasteiger partial charge in [-0.3, -0.25) is 0 Å². The van der Waals surface area contributed by atoms with Gasteiger partial charge in [-0.05, 0) is 127 Å². The average Bonchev–Trinajstić information content (AvgIpc) is 2.80. The minimum atomic E-state index is 0.958. The third-order valence-electron chi connectivity index (χ3n) is 9.08. The van der Waals surface area contributed by atoms with Gasteiger partial charge in [0.1, 0.15) is 0 Å². The van der Waals surface area contributed by atoms with Gasteiger partial charge >= 0.3 is 0 Å². The summed E-state index contributed by atoms with van der Waals surface area (Å²) in [6.45, 7) is 8.26. The molecule has 0 saturated carbocycles. The van der Waals surface area contributed by atoms with Gasteiger partial charge in [0.25, 0.3) is 0 Å². The van der Waals surface area contributed by atoms with Crippen LogP contribution in [0, 0.1) is 23.7 Å². The lowest BCUT2D eigenvalue weighted by Crippen LogP contribution is -2.49.